The molecule has 6 nitrogen and oxygen atoms in total. The maximum atomic E-state index is 11.9. The standard InChI is InChI=1S/C17H24N4O2.C6H5Cl/c1-4-12(3)21-16-8-14(11(2)9-20-16)13-7-15(19-10-13)17(23)18-5-6-22;7-6-4-2-1-3-5-6/h7-10,12,19,22H,4-6H2,1-3H3,(H,18,23)(H,20,21);1-5H/t12-;/m0./s1. The number of carbonyl (C=O) groups excluding carboxylic acids is 1. The van der Waals surface area contributed by atoms with Gasteiger partial charge in [0.15, 0.2) is 0 Å². The first-order chi connectivity index (χ1) is 14.4. The molecule has 0 spiro atoms. The van der Waals surface area contributed by atoms with E-state index in [1.165, 1.54) is 0 Å². The fourth-order valence-corrected chi connectivity index (χ4v) is 2.77. The molecule has 1 atom stereocenters. The summed E-state index contributed by atoms with van der Waals surface area (Å²) in [7, 11) is 0. The molecule has 3 rings (SSSR count). The fraction of sp³-hybridized carbons (Fsp3) is 0.304. The van der Waals surface area contributed by atoms with Crippen LogP contribution in [0.25, 0.3) is 11.1 Å². The lowest BCUT2D eigenvalue weighted by molar-refractivity contribution is 0.0940. The molecule has 4 N–H and O–H groups in total. The van der Waals surface area contributed by atoms with Gasteiger partial charge in [-0.1, -0.05) is 36.7 Å². The topological polar surface area (TPSA) is 90.0 Å². The minimum absolute atomic E-state index is 0.0760. The van der Waals surface area contributed by atoms with E-state index >= 15 is 0 Å². The van der Waals surface area contributed by atoms with Gasteiger partial charge in [-0.3, -0.25) is 4.79 Å². The number of aromatic nitrogens is 2. The number of carbonyl (C=O) groups is 1. The summed E-state index contributed by atoms with van der Waals surface area (Å²) in [6.07, 6.45) is 4.66. The lowest BCUT2D eigenvalue weighted by Crippen LogP contribution is -2.26. The van der Waals surface area contributed by atoms with Gasteiger partial charge in [0, 0.05) is 35.6 Å². The van der Waals surface area contributed by atoms with Crippen LogP contribution in [0.2, 0.25) is 5.02 Å². The third-order valence-electron chi connectivity index (χ3n) is 4.48. The van der Waals surface area contributed by atoms with E-state index in [0.29, 0.717) is 11.7 Å². The van der Waals surface area contributed by atoms with Crippen molar-refractivity contribution in [3.8, 4) is 11.1 Å². The molecule has 0 bridgehead atoms. The summed E-state index contributed by atoms with van der Waals surface area (Å²) in [5, 5.41) is 15.5. The van der Waals surface area contributed by atoms with E-state index in [4.69, 9.17) is 16.7 Å². The summed E-state index contributed by atoms with van der Waals surface area (Å²) in [5.41, 5.74) is 3.48. The molecular formula is C23H29ClN4O2. The summed E-state index contributed by atoms with van der Waals surface area (Å²) >= 11 is 5.54. The van der Waals surface area contributed by atoms with Crippen molar-refractivity contribution >= 4 is 23.3 Å². The maximum Gasteiger partial charge on any atom is 0.267 e. The number of hydrogen-bond donors (Lipinski definition) is 4. The number of aryl methyl sites for hydroxylation is 1. The normalized spacial score (nSPS) is 11.2. The Balaban J connectivity index is 0.000000386. The number of rotatable bonds is 7. The molecule has 2 aromatic heterocycles. The van der Waals surface area contributed by atoms with E-state index in [0.717, 1.165) is 34.0 Å². The molecule has 0 unspecified atom stereocenters. The van der Waals surface area contributed by atoms with Gasteiger partial charge in [-0.15, -0.1) is 0 Å². The molecule has 2 heterocycles. The second kappa shape index (κ2) is 12.0. The fourth-order valence-electron chi connectivity index (χ4n) is 2.63. The Labute approximate surface area is 182 Å². The van der Waals surface area contributed by atoms with Crippen LogP contribution in [0.3, 0.4) is 0 Å². The van der Waals surface area contributed by atoms with Gasteiger partial charge in [0.2, 0.25) is 0 Å². The van der Waals surface area contributed by atoms with Gasteiger partial charge >= 0.3 is 0 Å². The number of amides is 1. The van der Waals surface area contributed by atoms with Crippen molar-refractivity contribution < 1.29 is 9.90 Å². The van der Waals surface area contributed by atoms with Crippen LogP contribution < -0.4 is 10.6 Å². The van der Waals surface area contributed by atoms with Crippen LogP contribution >= 0.6 is 11.6 Å². The van der Waals surface area contributed by atoms with Crippen LogP contribution in [-0.4, -0.2) is 40.2 Å². The molecule has 1 aromatic carbocycles. The van der Waals surface area contributed by atoms with E-state index in [9.17, 15) is 4.79 Å². The summed E-state index contributed by atoms with van der Waals surface area (Å²) in [6, 6.07) is 13.6. The smallest absolute Gasteiger partial charge is 0.267 e. The maximum absolute atomic E-state index is 11.9. The quantitative estimate of drug-likeness (QED) is 0.440. The van der Waals surface area contributed by atoms with Gasteiger partial charge in [-0.2, -0.15) is 0 Å². The monoisotopic (exact) mass is 428 g/mol. The van der Waals surface area contributed by atoms with Crippen molar-refractivity contribution in [2.75, 3.05) is 18.5 Å². The third-order valence-corrected chi connectivity index (χ3v) is 4.73. The number of benzene rings is 1. The average Bonchev–Trinajstić information content (AvgIpc) is 3.24. The summed E-state index contributed by atoms with van der Waals surface area (Å²) < 4.78 is 0. The number of aliphatic hydroxyl groups excluding tert-OH is 1. The first kappa shape index (κ1) is 23.4. The lowest BCUT2D eigenvalue weighted by atomic mass is 10.0. The molecule has 160 valence electrons. The third kappa shape index (κ3) is 7.21. The SMILES string of the molecule is CC[C@H](C)Nc1cc(-c2c[nH]c(C(=O)NCCO)c2)c(C)cn1.Clc1ccccc1. The number of H-pyrrole nitrogens is 1. The van der Waals surface area contributed by atoms with Crippen molar-refractivity contribution in [1.82, 2.24) is 15.3 Å². The Bertz CT molecular complexity index is 928. The van der Waals surface area contributed by atoms with E-state index in [1.807, 2.05) is 61.8 Å². The number of aliphatic hydroxyl groups is 1. The first-order valence-corrected chi connectivity index (χ1v) is 10.3. The molecule has 0 radical (unpaired) electrons. The zero-order chi connectivity index (χ0) is 21.9. The highest BCUT2D eigenvalue weighted by Crippen LogP contribution is 2.26. The van der Waals surface area contributed by atoms with E-state index < -0.39 is 0 Å². The number of halogens is 1. The van der Waals surface area contributed by atoms with Gasteiger partial charge in [0.25, 0.3) is 5.91 Å². The predicted molar refractivity (Wildman–Crippen MR) is 123 cm³/mol. The Morgan fingerprint density at radius 2 is 2.00 bits per heavy atom. The molecular weight excluding hydrogens is 400 g/mol. The lowest BCUT2D eigenvalue weighted by Gasteiger charge is -2.13. The Kier molecular flexibility index (Phi) is 9.38. The van der Waals surface area contributed by atoms with E-state index in [1.54, 1.807) is 0 Å². The number of anilines is 1. The zero-order valence-corrected chi connectivity index (χ0v) is 18.3. The van der Waals surface area contributed by atoms with Crippen LogP contribution in [-0.2, 0) is 0 Å². The molecule has 1 amide bonds. The molecule has 0 saturated heterocycles. The molecule has 0 aliphatic carbocycles. The summed E-state index contributed by atoms with van der Waals surface area (Å²) in [4.78, 5) is 19.3. The van der Waals surface area contributed by atoms with E-state index in [-0.39, 0.29) is 19.1 Å². The van der Waals surface area contributed by atoms with Crippen LogP contribution in [0.4, 0.5) is 5.82 Å². The predicted octanol–water partition coefficient (Wildman–Crippen LogP) is 4.66. The van der Waals surface area contributed by atoms with Crippen LogP contribution in [0.5, 0.6) is 0 Å². The molecule has 7 heteroatoms. The molecule has 0 aliphatic heterocycles. The summed E-state index contributed by atoms with van der Waals surface area (Å²) in [5.74, 6) is 0.599. The van der Waals surface area contributed by atoms with Crippen LogP contribution in [0, 0.1) is 6.92 Å². The van der Waals surface area contributed by atoms with Crippen molar-refractivity contribution in [1.29, 1.82) is 0 Å². The van der Waals surface area contributed by atoms with Gasteiger partial charge in [-0.05, 0) is 55.7 Å². The molecule has 0 saturated carbocycles. The zero-order valence-electron chi connectivity index (χ0n) is 17.6. The highest BCUT2D eigenvalue weighted by Gasteiger charge is 2.12. The minimum atomic E-state index is -0.227. The van der Waals surface area contributed by atoms with Crippen molar-refractivity contribution in [2.45, 2.75) is 33.2 Å². The molecule has 0 fully saturated rings. The van der Waals surface area contributed by atoms with Gasteiger partial charge in [0.05, 0.1) is 6.61 Å². The first-order valence-electron chi connectivity index (χ1n) is 9.96. The van der Waals surface area contributed by atoms with Crippen molar-refractivity contribution in [3.63, 3.8) is 0 Å². The largest absolute Gasteiger partial charge is 0.395 e. The Morgan fingerprint density at radius 3 is 2.60 bits per heavy atom. The second-order valence-electron chi connectivity index (χ2n) is 6.92. The minimum Gasteiger partial charge on any atom is -0.395 e. The highest BCUT2D eigenvalue weighted by atomic mass is 35.5. The summed E-state index contributed by atoms with van der Waals surface area (Å²) in [6.45, 7) is 6.39. The number of pyridine rings is 1. The number of hydrogen-bond acceptors (Lipinski definition) is 4. The molecule has 0 aliphatic rings. The van der Waals surface area contributed by atoms with Crippen LogP contribution in [0.1, 0.15) is 36.3 Å². The van der Waals surface area contributed by atoms with E-state index in [2.05, 4.69) is 34.4 Å². The van der Waals surface area contributed by atoms with Gasteiger partial charge in [-0.25, -0.2) is 4.98 Å². The van der Waals surface area contributed by atoms with Gasteiger partial charge in [0.1, 0.15) is 11.5 Å². The van der Waals surface area contributed by atoms with Crippen LogP contribution in [0.15, 0.2) is 54.9 Å². The number of nitrogens with one attached hydrogen (secondary N) is 3. The highest BCUT2D eigenvalue weighted by molar-refractivity contribution is 6.30. The Morgan fingerprint density at radius 1 is 1.27 bits per heavy atom. The Hall–Kier alpha value is -2.83. The average molecular weight is 429 g/mol. The molecule has 3 aromatic rings. The van der Waals surface area contributed by atoms with Crippen molar-refractivity contribution in [2.24, 2.45) is 0 Å². The van der Waals surface area contributed by atoms with Gasteiger partial charge < -0.3 is 20.7 Å². The van der Waals surface area contributed by atoms with Crippen molar-refractivity contribution in [3.05, 3.63) is 71.1 Å². The molecule has 30 heavy (non-hydrogen) atoms. The second-order valence-corrected chi connectivity index (χ2v) is 7.35. The number of nitrogens with zero attached hydrogens (tertiary/aromatic N) is 1. The number of aromatic amines is 1.